The van der Waals surface area contributed by atoms with Crippen molar-refractivity contribution in [3.8, 4) is 0 Å². The first-order valence-electron chi connectivity index (χ1n) is 6.78. The van der Waals surface area contributed by atoms with Crippen molar-refractivity contribution in [2.75, 3.05) is 0 Å². The monoisotopic (exact) mass is 271 g/mol. The predicted octanol–water partition coefficient (Wildman–Crippen LogP) is 4.19. The molecule has 2 aromatic rings. The minimum Gasteiger partial charge on any atom is -0.320 e. The van der Waals surface area contributed by atoms with Gasteiger partial charge in [-0.05, 0) is 66.1 Å². The van der Waals surface area contributed by atoms with E-state index in [-0.39, 0.29) is 6.04 Å². The highest BCUT2D eigenvalue weighted by Gasteiger charge is 2.16. The van der Waals surface area contributed by atoms with Gasteiger partial charge in [0.2, 0.25) is 0 Å². The molecule has 1 aliphatic rings. The van der Waals surface area contributed by atoms with Crippen molar-refractivity contribution >= 4 is 11.6 Å². The lowest BCUT2D eigenvalue weighted by molar-refractivity contribution is 0.858. The van der Waals surface area contributed by atoms with Crippen LogP contribution in [0, 0.1) is 6.92 Å². The summed E-state index contributed by atoms with van der Waals surface area (Å²) in [5.41, 5.74) is 12.9. The molecule has 2 aromatic carbocycles. The number of benzene rings is 2. The van der Waals surface area contributed by atoms with Crippen LogP contribution in [0.2, 0.25) is 5.02 Å². The lowest BCUT2D eigenvalue weighted by atomic mass is 9.94. The molecule has 1 unspecified atom stereocenters. The van der Waals surface area contributed by atoms with E-state index in [4.69, 9.17) is 17.3 Å². The molecule has 0 saturated heterocycles. The standard InChI is InChI=1S/C17H18ClN/c1-11-9-15(18)7-8-16(11)17(19)14-6-5-12-3-2-4-13(12)10-14/h5-10,17H,2-4,19H2,1H3. The Morgan fingerprint density at radius 2 is 1.84 bits per heavy atom. The first kappa shape index (κ1) is 12.7. The molecule has 0 fully saturated rings. The number of rotatable bonds is 2. The molecule has 0 aromatic heterocycles. The molecule has 0 heterocycles. The average molecular weight is 272 g/mol. The molecule has 19 heavy (non-hydrogen) atoms. The van der Waals surface area contributed by atoms with Gasteiger partial charge in [0, 0.05) is 5.02 Å². The van der Waals surface area contributed by atoms with Gasteiger partial charge in [-0.3, -0.25) is 0 Å². The highest BCUT2D eigenvalue weighted by atomic mass is 35.5. The van der Waals surface area contributed by atoms with Gasteiger partial charge in [0.25, 0.3) is 0 Å². The van der Waals surface area contributed by atoms with Crippen molar-refractivity contribution in [2.45, 2.75) is 32.2 Å². The summed E-state index contributed by atoms with van der Waals surface area (Å²) in [4.78, 5) is 0. The fourth-order valence-electron chi connectivity index (χ4n) is 2.95. The topological polar surface area (TPSA) is 26.0 Å². The molecule has 1 nitrogen and oxygen atoms in total. The van der Waals surface area contributed by atoms with Gasteiger partial charge in [-0.25, -0.2) is 0 Å². The van der Waals surface area contributed by atoms with Gasteiger partial charge in [0.1, 0.15) is 0 Å². The number of hydrogen-bond acceptors (Lipinski definition) is 1. The summed E-state index contributed by atoms with van der Waals surface area (Å²) >= 11 is 6.00. The van der Waals surface area contributed by atoms with Gasteiger partial charge in [-0.2, -0.15) is 0 Å². The highest BCUT2D eigenvalue weighted by molar-refractivity contribution is 6.30. The number of hydrogen-bond donors (Lipinski definition) is 1. The minimum atomic E-state index is -0.0665. The summed E-state index contributed by atoms with van der Waals surface area (Å²) in [5.74, 6) is 0. The van der Waals surface area contributed by atoms with E-state index in [0.29, 0.717) is 0 Å². The Bertz CT molecular complexity index is 619. The van der Waals surface area contributed by atoms with Crippen LogP contribution in [0.4, 0.5) is 0 Å². The molecule has 0 saturated carbocycles. The molecular weight excluding hydrogens is 254 g/mol. The number of fused-ring (bicyclic) bond motifs is 1. The predicted molar refractivity (Wildman–Crippen MR) is 80.7 cm³/mol. The Hall–Kier alpha value is -1.31. The molecule has 3 rings (SSSR count). The van der Waals surface area contributed by atoms with Gasteiger partial charge in [-0.1, -0.05) is 35.9 Å². The van der Waals surface area contributed by atoms with E-state index in [2.05, 4.69) is 25.1 Å². The van der Waals surface area contributed by atoms with Crippen molar-refractivity contribution < 1.29 is 0 Å². The van der Waals surface area contributed by atoms with E-state index < -0.39 is 0 Å². The lowest BCUT2D eigenvalue weighted by Gasteiger charge is -2.16. The molecule has 0 spiro atoms. The summed E-state index contributed by atoms with van der Waals surface area (Å²) in [6.45, 7) is 2.06. The summed E-state index contributed by atoms with van der Waals surface area (Å²) in [6, 6.07) is 12.5. The molecule has 2 heteroatoms. The Balaban J connectivity index is 1.97. The van der Waals surface area contributed by atoms with Gasteiger partial charge in [0.15, 0.2) is 0 Å². The second kappa shape index (κ2) is 4.99. The zero-order chi connectivity index (χ0) is 13.4. The number of halogens is 1. The zero-order valence-electron chi connectivity index (χ0n) is 11.1. The number of aryl methyl sites for hydroxylation is 3. The minimum absolute atomic E-state index is 0.0665. The summed E-state index contributed by atoms with van der Waals surface area (Å²) in [6.07, 6.45) is 3.67. The van der Waals surface area contributed by atoms with Gasteiger partial charge in [-0.15, -0.1) is 0 Å². The third-order valence-electron chi connectivity index (χ3n) is 4.05. The Morgan fingerprint density at radius 1 is 1.05 bits per heavy atom. The zero-order valence-corrected chi connectivity index (χ0v) is 11.9. The molecule has 2 N–H and O–H groups in total. The van der Waals surface area contributed by atoms with Crippen LogP contribution in [0.15, 0.2) is 36.4 Å². The van der Waals surface area contributed by atoms with E-state index in [1.54, 1.807) is 0 Å². The molecule has 1 aliphatic carbocycles. The van der Waals surface area contributed by atoms with Gasteiger partial charge in [0.05, 0.1) is 6.04 Å². The molecule has 1 atom stereocenters. The van der Waals surface area contributed by atoms with Crippen LogP contribution in [-0.2, 0) is 12.8 Å². The van der Waals surface area contributed by atoms with Crippen molar-refractivity contribution in [3.63, 3.8) is 0 Å². The largest absolute Gasteiger partial charge is 0.320 e. The SMILES string of the molecule is Cc1cc(Cl)ccc1C(N)c1ccc2c(c1)CCC2. The van der Waals surface area contributed by atoms with E-state index in [0.717, 1.165) is 16.1 Å². The first-order chi connectivity index (χ1) is 9.15. The number of nitrogens with two attached hydrogens (primary N) is 1. The molecular formula is C17H18ClN. The van der Waals surface area contributed by atoms with Gasteiger partial charge >= 0.3 is 0 Å². The second-order valence-electron chi connectivity index (χ2n) is 5.36. The average Bonchev–Trinajstić information content (AvgIpc) is 2.85. The quantitative estimate of drug-likeness (QED) is 0.871. The first-order valence-corrected chi connectivity index (χ1v) is 7.16. The van der Waals surface area contributed by atoms with Gasteiger partial charge < -0.3 is 5.73 Å². The van der Waals surface area contributed by atoms with Crippen molar-refractivity contribution in [3.05, 3.63) is 69.2 Å². The van der Waals surface area contributed by atoms with Crippen LogP contribution in [0.25, 0.3) is 0 Å². The fraction of sp³-hybridized carbons (Fsp3) is 0.294. The third kappa shape index (κ3) is 2.41. The molecule has 0 radical (unpaired) electrons. The van der Waals surface area contributed by atoms with E-state index in [1.165, 1.54) is 36.0 Å². The molecule has 0 amide bonds. The van der Waals surface area contributed by atoms with Crippen LogP contribution in [0.1, 0.15) is 40.3 Å². The van der Waals surface area contributed by atoms with E-state index >= 15 is 0 Å². The van der Waals surface area contributed by atoms with E-state index in [9.17, 15) is 0 Å². The lowest BCUT2D eigenvalue weighted by Crippen LogP contribution is -2.13. The fourth-order valence-corrected chi connectivity index (χ4v) is 3.18. The summed E-state index contributed by atoms with van der Waals surface area (Å²) in [7, 11) is 0. The van der Waals surface area contributed by atoms with Crippen LogP contribution >= 0.6 is 11.6 Å². The smallest absolute Gasteiger partial charge is 0.0554 e. The third-order valence-corrected chi connectivity index (χ3v) is 4.28. The second-order valence-corrected chi connectivity index (χ2v) is 5.80. The Kier molecular flexibility index (Phi) is 3.34. The summed E-state index contributed by atoms with van der Waals surface area (Å²) in [5, 5.41) is 0.766. The normalized spacial score (nSPS) is 15.3. The van der Waals surface area contributed by atoms with Crippen molar-refractivity contribution in [1.82, 2.24) is 0 Å². The highest BCUT2D eigenvalue weighted by Crippen LogP contribution is 2.29. The molecule has 0 bridgehead atoms. The molecule has 0 aliphatic heterocycles. The van der Waals surface area contributed by atoms with Crippen molar-refractivity contribution in [2.24, 2.45) is 5.73 Å². The maximum absolute atomic E-state index is 6.42. The summed E-state index contributed by atoms with van der Waals surface area (Å²) < 4.78 is 0. The van der Waals surface area contributed by atoms with Crippen molar-refractivity contribution in [1.29, 1.82) is 0 Å². The Labute approximate surface area is 119 Å². The maximum atomic E-state index is 6.42. The van der Waals surface area contributed by atoms with E-state index in [1.807, 2.05) is 18.2 Å². The van der Waals surface area contributed by atoms with Crippen LogP contribution < -0.4 is 5.73 Å². The molecule has 98 valence electrons. The maximum Gasteiger partial charge on any atom is 0.0554 e. The van der Waals surface area contributed by atoms with Crippen LogP contribution in [-0.4, -0.2) is 0 Å². The Morgan fingerprint density at radius 3 is 2.63 bits per heavy atom. The van der Waals surface area contributed by atoms with Crippen LogP contribution in [0.5, 0.6) is 0 Å². The van der Waals surface area contributed by atoms with Crippen LogP contribution in [0.3, 0.4) is 0 Å².